The molecule has 11 heteroatoms. The van der Waals surface area contributed by atoms with Crippen molar-refractivity contribution < 1.29 is 32.2 Å². The first-order valence-electron chi connectivity index (χ1n) is 11.6. The predicted molar refractivity (Wildman–Crippen MR) is 127 cm³/mol. The van der Waals surface area contributed by atoms with E-state index in [1.54, 1.807) is 45.1 Å². The summed E-state index contributed by atoms with van der Waals surface area (Å²) in [6.45, 7) is 8.75. The van der Waals surface area contributed by atoms with E-state index in [4.69, 9.17) is 18.9 Å². The largest absolute Gasteiger partial charge is 0.497 e. The van der Waals surface area contributed by atoms with Crippen LogP contribution in [0.4, 0.5) is 0 Å². The molecule has 0 aromatic heterocycles. The van der Waals surface area contributed by atoms with Crippen LogP contribution in [0.5, 0.6) is 5.75 Å². The quantitative estimate of drug-likeness (QED) is 0.459. The summed E-state index contributed by atoms with van der Waals surface area (Å²) in [5.41, 5.74) is 1.26. The monoisotopic (exact) mass is 499 g/mol. The molecule has 0 unspecified atom stereocenters. The highest BCUT2D eigenvalue weighted by molar-refractivity contribution is 7.89. The topological polar surface area (TPSA) is 97.9 Å². The predicted octanol–water partition coefficient (Wildman–Crippen LogP) is 0.509. The third kappa shape index (κ3) is 6.46. The number of benzene rings is 1. The van der Waals surface area contributed by atoms with E-state index in [0.717, 1.165) is 19.6 Å². The molecule has 192 valence electrons. The van der Waals surface area contributed by atoms with Crippen LogP contribution in [0.15, 0.2) is 17.0 Å². The van der Waals surface area contributed by atoms with E-state index in [9.17, 15) is 13.2 Å². The van der Waals surface area contributed by atoms with Crippen molar-refractivity contribution in [1.82, 2.24) is 14.1 Å². The average molecular weight is 500 g/mol. The zero-order chi connectivity index (χ0) is 24.7. The van der Waals surface area contributed by atoms with Gasteiger partial charge < -0.3 is 23.8 Å². The smallest absolute Gasteiger partial charge is 0.248 e. The van der Waals surface area contributed by atoms with Crippen molar-refractivity contribution in [2.45, 2.75) is 24.8 Å². The lowest BCUT2D eigenvalue weighted by Gasteiger charge is -2.36. The summed E-state index contributed by atoms with van der Waals surface area (Å²) < 4.78 is 50.2. The Bertz CT molecular complexity index is 909. The van der Waals surface area contributed by atoms with Crippen LogP contribution in [-0.2, 0) is 29.0 Å². The molecule has 0 radical (unpaired) electrons. The molecule has 0 spiro atoms. The Morgan fingerprint density at radius 2 is 1.76 bits per heavy atom. The zero-order valence-electron chi connectivity index (χ0n) is 20.6. The molecule has 0 N–H and O–H groups in total. The fourth-order valence-electron chi connectivity index (χ4n) is 4.45. The summed E-state index contributed by atoms with van der Waals surface area (Å²) in [5, 5.41) is 0. The van der Waals surface area contributed by atoms with Crippen molar-refractivity contribution in [3.8, 4) is 5.75 Å². The summed E-state index contributed by atoms with van der Waals surface area (Å²) in [4.78, 5) is 16.9. The maximum atomic E-state index is 13.6. The van der Waals surface area contributed by atoms with Crippen LogP contribution in [0.3, 0.4) is 0 Å². The molecule has 2 aliphatic heterocycles. The van der Waals surface area contributed by atoms with E-state index in [1.807, 2.05) is 0 Å². The van der Waals surface area contributed by atoms with Crippen molar-refractivity contribution in [2.24, 2.45) is 0 Å². The van der Waals surface area contributed by atoms with Crippen molar-refractivity contribution >= 4 is 15.9 Å². The number of carbonyl (C=O) groups is 1. The number of sulfonamides is 1. The molecular formula is C23H37N3O7S. The Morgan fingerprint density at radius 1 is 1.09 bits per heavy atom. The van der Waals surface area contributed by atoms with Crippen molar-refractivity contribution in [3.05, 3.63) is 23.3 Å². The lowest BCUT2D eigenvalue weighted by molar-refractivity contribution is -0.139. The van der Waals surface area contributed by atoms with Crippen LogP contribution in [0.1, 0.15) is 11.1 Å². The lowest BCUT2D eigenvalue weighted by Crippen LogP contribution is -2.52. The SMILES string of the molecule is COCCN1CCN(C(=O)COC[C@@H]2COCCN2S(=O)(=O)c2c(C)cc(OC)cc2C)CC1. The van der Waals surface area contributed by atoms with Crippen molar-refractivity contribution in [3.63, 3.8) is 0 Å². The van der Waals surface area contributed by atoms with Crippen LogP contribution in [0.25, 0.3) is 0 Å². The van der Waals surface area contributed by atoms with Crippen LogP contribution >= 0.6 is 0 Å². The number of nitrogens with zero attached hydrogens (tertiary/aromatic N) is 3. The Kier molecular flexibility index (Phi) is 9.69. The number of hydrogen-bond acceptors (Lipinski definition) is 8. The van der Waals surface area contributed by atoms with Crippen LogP contribution in [0, 0.1) is 13.8 Å². The number of morpholine rings is 1. The molecule has 1 atom stereocenters. The van der Waals surface area contributed by atoms with E-state index < -0.39 is 16.1 Å². The van der Waals surface area contributed by atoms with Gasteiger partial charge in [-0.3, -0.25) is 9.69 Å². The second-order valence-corrected chi connectivity index (χ2v) is 10.5. The minimum atomic E-state index is -3.78. The van der Waals surface area contributed by atoms with Gasteiger partial charge in [-0.15, -0.1) is 0 Å². The normalized spacial score (nSPS) is 20.5. The second-order valence-electron chi connectivity index (χ2n) is 8.67. The summed E-state index contributed by atoms with van der Waals surface area (Å²) in [6, 6.07) is 2.94. The van der Waals surface area contributed by atoms with Gasteiger partial charge >= 0.3 is 0 Å². The first-order chi connectivity index (χ1) is 16.3. The fourth-order valence-corrected chi connectivity index (χ4v) is 6.45. The molecular weight excluding hydrogens is 462 g/mol. The third-order valence-electron chi connectivity index (χ3n) is 6.28. The van der Waals surface area contributed by atoms with E-state index in [1.165, 1.54) is 4.31 Å². The Labute approximate surface area is 202 Å². The summed E-state index contributed by atoms with van der Waals surface area (Å²) in [5.74, 6) is 0.535. The van der Waals surface area contributed by atoms with E-state index >= 15 is 0 Å². The highest BCUT2D eigenvalue weighted by Crippen LogP contribution is 2.30. The van der Waals surface area contributed by atoms with Gasteiger partial charge in [0.15, 0.2) is 0 Å². The van der Waals surface area contributed by atoms with Crippen LogP contribution in [0.2, 0.25) is 0 Å². The molecule has 34 heavy (non-hydrogen) atoms. The summed E-state index contributed by atoms with van der Waals surface area (Å²) >= 11 is 0. The molecule has 2 fully saturated rings. The van der Waals surface area contributed by atoms with Gasteiger partial charge in [-0.2, -0.15) is 4.31 Å². The molecule has 1 aromatic rings. The summed E-state index contributed by atoms with van der Waals surface area (Å²) in [7, 11) is -0.539. The van der Waals surface area contributed by atoms with Gasteiger partial charge in [0, 0.05) is 46.4 Å². The van der Waals surface area contributed by atoms with E-state index in [0.29, 0.717) is 43.2 Å². The first kappa shape index (κ1) is 26.8. The Hall–Kier alpha value is -1.76. The average Bonchev–Trinajstić information content (AvgIpc) is 2.82. The highest BCUT2D eigenvalue weighted by Gasteiger charge is 2.36. The van der Waals surface area contributed by atoms with Gasteiger partial charge in [-0.05, 0) is 37.1 Å². The van der Waals surface area contributed by atoms with Gasteiger partial charge in [0.1, 0.15) is 12.4 Å². The second kappa shape index (κ2) is 12.3. The standard InChI is InChI=1S/C23H37N3O7S/c1-18-13-21(31-4)14-19(2)23(18)34(28,29)26-10-12-32-15-20(26)16-33-17-22(27)25-7-5-24(6-8-25)9-11-30-3/h13-14,20H,5-12,15-17H2,1-4H3/t20-/m0/s1. The zero-order valence-corrected chi connectivity index (χ0v) is 21.4. The molecule has 2 heterocycles. The molecule has 1 aromatic carbocycles. The van der Waals surface area contributed by atoms with Crippen molar-refractivity contribution in [2.75, 3.05) is 86.5 Å². The maximum Gasteiger partial charge on any atom is 0.248 e. The number of ether oxygens (including phenoxy) is 4. The Morgan fingerprint density at radius 3 is 2.38 bits per heavy atom. The third-order valence-corrected chi connectivity index (χ3v) is 8.54. The highest BCUT2D eigenvalue weighted by atomic mass is 32.2. The number of aryl methyl sites for hydroxylation is 2. The summed E-state index contributed by atoms with van der Waals surface area (Å²) in [6.07, 6.45) is 0. The van der Waals surface area contributed by atoms with Gasteiger partial charge in [-0.25, -0.2) is 8.42 Å². The Balaban J connectivity index is 1.58. The lowest BCUT2D eigenvalue weighted by atomic mass is 10.1. The number of amides is 1. The number of hydrogen-bond donors (Lipinski definition) is 0. The number of methoxy groups -OCH3 is 2. The number of rotatable bonds is 10. The van der Waals surface area contributed by atoms with E-state index in [2.05, 4.69) is 4.90 Å². The van der Waals surface area contributed by atoms with Gasteiger partial charge in [0.25, 0.3) is 0 Å². The molecule has 0 aliphatic carbocycles. The minimum absolute atomic E-state index is 0.0803. The first-order valence-corrected chi connectivity index (χ1v) is 13.0. The van der Waals surface area contributed by atoms with E-state index in [-0.39, 0.29) is 37.2 Å². The molecule has 10 nitrogen and oxygen atoms in total. The van der Waals surface area contributed by atoms with Gasteiger partial charge in [0.05, 0.1) is 44.5 Å². The molecule has 2 aliphatic rings. The van der Waals surface area contributed by atoms with Crippen LogP contribution < -0.4 is 4.74 Å². The van der Waals surface area contributed by atoms with Crippen molar-refractivity contribution in [1.29, 1.82) is 0 Å². The van der Waals surface area contributed by atoms with Gasteiger partial charge in [0.2, 0.25) is 15.9 Å². The number of piperazine rings is 1. The minimum Gasteiger partial charge on any atom is -0.497 e. The fraction of sp³-hybridized carbons (Fsp3) is 0.696. The molecule has 0 saturated carbocycles. The molecule has 0 bridgehead atoms. The number of carbonyl (C=O) groups excluding carboxylic acids is 1. The van der Waals surface area contributed by atoms with Gasteiger partial charge in [-0.1, -0.05) is 0 Å². The van der Waals surface area contributed by atoms with Crippen LogP contribution in [-0.4, -0.2) is 121 Å². The molecule has 3 rings (SSSR count). The molecule has 2 saturated heterocycles. The maximum absolute atomic E-state index is 13.6. The molecule has 1 amide bonds.